The molecule has 0 spiro atoms. The van der Waals surface area contributed by atoms with Crippen molar-refractivity contribution in [2.45, 2.75) is 39.4 Å². The van der Waals surface area contributed by atoms with Gasteiger partial charge in [-0.1, -0.05) is 39.0 Å². The third-order valence-electron chi connectivity index (χ3n) is 3.42. The lowest BCUT2D eigenvalue weighted by Crippen LogP contribution is -2.34. The van der Waals surface area contributed by atoms with Gasteiger partial charge in [-0.3, -0.25) is 10.1 Å². The van der Waals surface area contributed by atoms with E-state index in [1.807, 2.05) is 6.92 Å². The van der Waals surface area contributed by atoms with Crippen LogP contribution in [0.1, 0.15) is 38.9 Å². The average Bonchev–Trinajstić information content (AvgIpc) is 2.67. The van der Waals surface area contributed by atoms with Crippen LogP contribution in [-0.2, 0) is 4.79 Å². The number of carbonyl (C=O) groups is 1. The fourth-order valence-corrected chi connectivity index (χ4v) is 2.51. The molecule has 4 heteroatoms. The van der Waals surface area contributed by atoms with Gasteiger partial charge in [0.1, 0.15) is 12.0 Å². The summed E-state index contributed by atoms with van der Waals surface area (Å²) in [6.45, 7) is 6.73. The second-order valence-corrected chi connectivity index (χ2v) is 5.44. The van der Waals surface area contributed by atoms with Gasteiger partial charge in [-0.05, 0) is 18.4 Å². The molecule has 0 radical (unpaired) electrons. The molecule has 1 aromatic rings. The van der Waals surface area contributed by atoms with E-state index in [9.17, 15) is 9.18 Å². The Balaban J connectivity index is 2.31. The van der Waals surface area contributed by atoms with Gasteiger partial charge in [-0.15, -0.1) is 0 Å². The molecule has 2 atom stereocenters. The molecule has 1 fully saturated rings. The topological polar surface area (TPSA) is 32.3 Å². The minimum Gasteiger partial charge on any atom is -0.321 e. The largest absolute Gasteiger partial charge is 0.321 e. The summed E-state index contributed by atoms with van der Waals surface area (Å²) in [5, 5.41) is 3.24. The smallest absolute Gasteiger partial charge is 0.241 e. The lowest BCUT2D eigenvalue weighted by Gasteiger charge is -2.26. The van der Waals surface area contributed by atoms with Crippen LogP contribution in [0.2, 0.25) is 0 Å². The summed E-state index contributed by atoms with van der Waals surface area (Å²) in [7, 11) is 0. The number of rotatable bonds is 4. The second kappa shape index (κ2) is 5.70. The first kappa shape index (κ1) is 14.0. The highest BCUT2D eigenvalue weighted by molar-refractivity contribution is 5.84. The summed E-state index contributed by atoms with van der Waals surface area (Å²) in [6.07, 6.45) is 0.374. The molecule has 1 heterocycles. The Hall–Kier alpha value is -1.42. The molecule has 2 unspecified atom stereocenters. The van der Waals surface area contributed by atoms with Crippen LogP contribution in [0.4, 0.5) is 4.39 Å². The van der Waals surface area contributed by atoms with E-state index in [4.69, 9.17) is 0 Å². The van der Waals surface area contributed by atoms with E-state index in [2.05, 4.69) is 19.2 Å². The van der Waals surface area contributed by atoms with Gasteiger partial charge in [-0.2, -0.15) is 0 Å². The van der Waals surface area contributed by atoms with Gasteiger partial charge in [0, 0.05) is 12.1 Å². The number of nitrogens with one attached hydrogen (secondary N) is 1. The molecular weight excluding hydrogens is 243 g/mol. The molecule has 104 valence electrons. The molecule has 1 amide bonds. The van der Waals surface area contributed by atoms with E-state index in [0.717, 1.165) is 6.42 Å². The molecule has 1 saturated heterocycles. The van der Waals surface area contributed by atoms with Crippen molar-refractivity contribution >= 4 is 5.91 Å². The quantitative estimate of drug-likeness (QED) is 0.907. The third-order valence-corrected chi connectivity index (χ3v) is 3.42. The molecule has 0 aromatic heterocycles. The van der Waals surface area contributed by atoms with E-state index in [-0.39, 0.29) is 23.9 Å². The highest BCUT2D eigenvalue weighted by Gasteiger charge is 2.39. The molecule has 1 N–H and O–H groups in total. The maximum atomic E-state index is 13.9. The van der Waals surface area contributed by atoms with Crippen molar-refractivity contribution in [3.05, 3.63) is 35.6 Å². The molecule has 2 rings (SSSR count). The average molecular weight is 264 g/mol. The zero-order valence-corrected chi connectivity index (χ0v) is 11.7. The van der Waals surface area contributed by atoms with Crippen molar-refractivity contribution < 1.29 is 9.18 Å². The Morgan fingerprint density at radius 3 is 2.63 bits per heavy atom. The molecule has 19 heavy (non-hydrogen) atoms. The molecular formula is C15H21FN2O. The number of nitrogens with zero attached hydrogens (tertiary/aromatic N) is 1. The summed E-state index contributed by atoms with van der Waals surface area (Å²) in [5.41, 5.74) is 0.549. The predicted octanol–water partition coefficient (Wildman–Crippen LogP) is 2.69. The number of benzene rings is 1. The first-order valence-electron chi connectivity index (χ1n) is 6.85. The van der Waals surface area contributed by atoms with E-state index in [0.29, 0.717) is 18.0 Å². The summed E-state index contributed by atoms with van der Waals surface area (Å²) < 4.78 is 13.9. The molecule has 0 saturated carbocycles. The lowest BCUT2D eigenvalue weighted by molar-refractivity contribution is -0.130. The number of halogens is 1. The summed E-state index contributed by atoms with van der Waals surface area (Å²) in [6, 6.07) is 6.44. The number of hydrogen-bond acceptors (Lipinski definition) is 2. The summed E-state index contributed by atoms with van der Waals surface area (Å²) >= 11 is 0. The Bertz CT molecular complexity index is 461. The van der Waals surface area contributed by atoms with Crippen LogP contribution in [0.5, 0.6) is 0 Å². The van der Waals surface area contributed by atoms with Gasteiger partial charge in [0.2, 0.25) is 5.91 Å². The first-order chi connectivity index (χ1) is 9.04. The van der Waals surface area contributed by atoms with Crippen LogP contribution in [0.3, 0.4) is 0 Å². The lowest BCUT2D eigenvalue weighted by atomic mass is 10.1. The highest BCUT2D eigenvalue weighted by atomic mass is 19.1. The van der Waals surface area contributed by atoms with E-state index >= 15 is 0 Å². The summed E-state index contributed by atoms with van der Waals surface area (Å²) in [4.78, 5) is 14.1. The van der Waals surface area contributed by atoms with Crippen LogP contribution in [0.25, 0.3) is 0 Å². The molecule has 0 aliphatic carbocycles. The van der Waals surface area contributed by atoms with E-state index in [1.165, 1.54) is 6.07 Å². The molecule has 1 aromatic carbocycles. The van der Waals surface area contributed by atoms with Crippen molar-refractivity contribution in [2.75, 3.05) is 6.54 Å². The number of hydrogen-bond donors (Lipinski definition) is 1. The third kappa shape index (κ3) is 2.78. The molecule has 1 aliphatic rings. The SMILES string of the molecule is CCC1NC(c2ccccc2F)N(CC(C)C)C1=O. The van der Waals surface area contributed by atoms with Crippen molar-refractivity contribution in [1.82, 2.24) is 10.2 Å². The zero-order valence-electron chi connectivity index (χ0n) is 11.7. The van der Waals surface area contributed by atoms with Crippen LogP contribution in [0, 0.1) is 11.7 Å². The second-order valence-electron chi connectivity index (χ2n) is 5.44. The molecule has 1 aliphatic heterocycles. The van der Waals surface area contributed by atoms with E-state index < -0.39 is 0 Å². The Morgan fingerprint density at radius 1 is 1.37 bits per heavy atom. The minimum atomic E-state index is -0.346. The van der Waals surface area contributed by atoms with Gasteiger partial charge in [0.25, 0.3) is 0 Å². The van der Waals surface area contributed by atoms with Gasteiger partial charge >= 0.3 is 0 Å². The van der Waals surface area contributed by atoms with Crippen LogP contribution in [-0.4, -0.2) is 23.4 Å². The monoisotopic (exact) mass is 264 g/mol. The van der Waals surface area contributed by atoms with Crippen molar-refractivity contribution in [3.8, 4) is 0 Å². The fourth-order valence-electron chi connectivity index (χ4n) is 2.51. The van der Waals surface area contributed by atoms with Gasteiger partial charge in [-0.25, -0.2) is 4.39 Å². The predicted molar refractivity (Wildman–Crippen MR) is 72.9 cm³/mol. The standard InChI is InChI=1S/C15H21FN2O/c1-4-13-15(19)18(9-10(2)3)14(17-13)11-7-5-6-8-12(11)16/h5-8,10,13-14,17H,4,9H2,1-3H3. The van der Waals surface area contributed by atoms with Gasteiger partial charge in [0.15, 0.2) is 0 Å². The Kier molecular flexibility index (Phi) is 4.20. The normalized spacial score (nSPS) is 23.4. The van der Waals surface area contributed by atoms with Gasteiger partial charge in [0.05, 0.1) is 6.04 Å². The van der Waals surface area contributed by atoms with Crippen LogP contribution < -0.4 is 5.32 Å². The maximum absolute atomic E-state index is 13.9. The number of carbonyl (C=O) groups excluding carboxylic acids is 1. The highest BCUT2D eigenvalue weighted by Crippen LogP contribution is 2.28. The summed E-state index contributed by atoms with van der Waals surface area (Å²) in [5.74, 6) is 0.165. The zero-order chi connectivity index (χ0) is 14.0. The molecule has 0 bridgehead atoms. The molecule has 3 nitrogen and oxygen atoms in total. The first-order valence-corrected chi connectivity index (χ1v) is 6.85. The van der Waals surface area contributed by atoms with E-state index in [1.54, 1.807) is 23.1 Å². The van der Waals surface area contributed by atoms with Gasteiger partial charge < -0.3 is 4.90 Å². The number of amides is 1. The maximum Gasteiger partial charge on any atom is 0.241 e. The van der Waals surface area contributed by atoms with Crippen LogP contribution in [0.15, 0.2) is 24.3 Å². The van der Waals surface area contributed by atoms with Crippen molar-refractivity contribution in [2.24, 2.45) is 5.92 Å². The van der Waals surface area contributed by atoms with Crippen LogP contribution >= 0.6 is 0 Å². The fraction of sp³-hybridized carbons (Fsp3) is 0.533. The van der Waals surface area contributed by atoms with Crippen molar-refractivity contribution in [1.29, 1.82) is 0 Å². The Labute approximate surface area is 113 Å². The minimum absolute atomic E-state index is 0.0736. The Morgan fingerprint density at radius 2 is 2.05 bits per heavy atom. The van der Waals surface area contributed by atoms with Crippen molar-refractivity contribution in [3.63, 3.8) is 0 Å².